The van der Waals surface area contributed by atoms with Gasteiger partial charge in [-0.15, -0.1) is 0 Å². The highest BCUT2D eigenvalue weighted by Crippen LogP contribution is 2.29. The first kappa shape index (κ1) is 16.0. The second kappa shape index (κ2) is 6.70. The molecule has 1 N–H and O–H groups in total. The number of rotatable bonds is 4. The zero-order valence-corrected chi connectivity index (χ0v) is 13.7. The maximum atomic E-state index is 13.1. The molecule has 0 fully saturated rings. The summed E-state index contributed by atoms with van der Waals surface area (Å²) in [6.45, 7) is 0.317. The molecule has 0 amide bonds. The zero-order valence-electron chi connectivity index (χ0n) is 11.5. The van der Waals surface area contributed by atoms with E-state index in [-0.39, 0.29) is 0 Å². The van der Waals surface area contributed by atoms with Crippen LogP contribution in [0.3, 0.4) is 0 Å². The molecular weight excluding hydrogens is 364 g/mol. The van der Waals surface area contributed by atoms with E-state index in [1.807, 2.05) is 0 Å². The van der Waals surface area contributed by atoms with Gasteiger partial charge in [0.1, 0.15) is 5.82 Å². The van der Waals surface area contributed by atoms with Gasteiger partial charge in [0.05, 0.1) is 15.7 Å². The Morgan fingerprint density at radius 1 is 1.09 bits per heavy atom. The lowest BCUT2D eigenvalue weighted by Gasteiger charge is -2.10. The van der Waals surface area contributed by atoms with Gasteiger partial charge < -0.3 is 5.32 Å². The number of tetrazole rings is 1. The molecule has 0 aliphatic heterocycles. The molecule has 3 aromatic rings. The third-order valence-corrected chi connectivity index (χ3v) is 4.24. The molecule has 3 rings (SSSR count). The van der Waals surface area contributed by atoms with Gasteiger partial charge in [-0.05, 0) is 40.3 Å². The van der Waals surface area contributed by atoms with Crippen LogP contribution in [0.4, 0.5) is 10.3 Å². The Kier molecular flexibility index (Phi) is 4.66. The molecule has 1 aromatic heterocycles. The lowest BCUT2D eigenvalue weighted by molar-refractivity contribution is 0.627. The summed E-state index contributed by atoms with van der Waals surface area (Å²) in [6, 6.07) is 9.32. The Morgan fingerprint density at radius 2 is 1.91 bits per heavy atom. The molecule has 0 saturated heterocycles. The average molecular weight is 373 g/mol. The molecule has 0 aliphatic rings. The fourth-order valence-electron chi connectivity index (χ4n) is 1.95. The van der Waals surface area contributed by atoms with Gasteiger partial charge in [0, 0.05) is 11.6 Å². The molecule has 9 heteroatoms. The maximum Gasteiger partial charge on any atom is 0.248 e. The molecule has 0 spiro atoms. The minimum atomic E-state index is -0.394. The van der Waals surface area contributed by atoms with Crippen LogP contribution in [-0.2, 0) is 6.54 Å². The summed E-state index contributed by atoms with van der Waals surface area (Å²) in [5.41, 5.74) is 1.25. The third-order valence-electron chi connectivity index (χ3n) is 3.08. The normalized spacial score (nSPS) is 10.8. The molecule has 0 atom stereocenters. The van der Waals surface area contributed by atoms with Gasteiger partial charge in [0.25, 0.3) is 0 Å². The summed E-state index contributed by atoms with van der Waals surface area (Å²) >= 11 is 18.2. The largest absolute Gasteiger partial charge is 0.349 e. The first-order valence-electron chi connectivity index (χ1n) is 6.47. The molecule has 5 nitrogen and oxygen atoms in total. The third kappa shape index (κ3) is 3.39. The lowest BCUT2D eigenvalue weighted by Crippen LogP contribution is -2.08. The van der Waals surface area contributed by atoms with Crippen molar-refractivity contribution in [2.75, 3.05) is 5.32 Å². The Hall–Kier alpha value is -1.89. The summed E-state index contributed by atoms with van der Waals surface area (Å²) in [5.74, 6) is -0.0381. The van der Waals surface area contributed by atoms with Crippen LogP contribution >= 0.6 is 34.8 Å². The van der Waals surface area contributed by atoms with Crippen LogP contribution in [0.15, 0.2) is 36.4 Å². The van der Waals surface area contributed by atoms with Gasteiger partial charge in [-0.25, -0.2) is 4.39 Å². The van der Waals surface area contributed by atoms with E-state index in [1.54, 1.807) is 24.3 Å². The van der Waals surface area contributed by atoms with Gasteiger partial charge >= 0.3 is 0 Å². The van der Waals surface area contributed by atoms with Crippen molar-refractivity contribution in [3.05, 3.63) is 62.8 Å². The predicted octanol–water partition coefficient (Wildman–Crippen LogP) is 4.37. The van der Waals surface area contributed by atoms with Gasteiger partial charge in [-0.1, -0.05) is 52.0 Å². The fourth-order valence-corrected chi connectivity index (χ4v) is 2.56. The predicted molar refractivity (Wildman–Crippen MR) is 87.9 cm³/mol. The van der Waals surface area contributed by atoms with Crippen molar-refractivity contribution in [1.82, 2.24) is 20.2 Å². The molecule has 1 heterocycles. The van der Waals surface area contributed by atoms with Gasteiger partial charge in [0.15, 0.2) is 0 Å². The molecule has 0 aliphatic carbocycles. The fraction of sp³-hybridized carbons (Fsp3) is 0.0714. The molecule has 2 aromatic carbocycles. The van der Waals surface area contributed by atoms with Crippen LogP contribution in [0, 0.1) is 5.82 Å². The molecule has 0 bridgehead atoms. The first-order valence-corrected chi connectivity index (χ1v) is 7.60. The minimum Gasteiger partial charge on any atom is -0.349 e. The summed E-state index contributed by atoms with van der Waals surface area (Å²) in [6.07, 6.45) is 0. The molecule has 0 saturated carbocycles. The molecule has 0 radical (unpaired) electrons. The van der Waals surface area contributed by atoms with E-state index in [4.69, 9.17) is 34.8 Å². The van der Waals surface area contributed by atoms with Crippen LogP contribution in [0.2, 0.25) is 15.1 Å². The van der Waals surface area contributed by atoms with E-state index >= 15 is 0 Å². The summed E-state index contributed by atoms with van der Waals surface area (Å²) in [4.78, 5) is 0. The van der Waals surface area contributed by atoms with Crippen LogP contribution in [-0.4, -0.2) is 20.2 Å². The standard InChI is InChI=1S/C14H9Cl3FN5/c15-10-2-1-3-12(13(10)17)23-14(20-21-22-23)19-7-8-4-5-9(18)6-11(8)16/h1-6H,7H2,(H,19,20,22). The van der Waals surface area contributed by atoms with E-state index in [9.17, 15) is 4.39 Å². The van der Waals surface area contributed by atoms with Crippen molar-refractivity contribution < 1.29 is 4.39 Å². The summed E-state index contributed by atoms with van der Waals surface area (Å²) in [7, 11) is 0. The van der Waals surface area contributed by atoms with E-state index in [2.05, 4.69) is 20.8 Å². The summed E-state index contributed by atoms with van der Waals surface area (Å²) < 4.78 is 14.5. The van der Waals surface area contributed by atoms with Crippen molar-refractivity contribution >= 4 is 40.8 Å². The highest BCUT2D eigenvalue weighted by atomic mass is 35.5. The quantitative estimate of drug-likeness (QED) is 0.738. The Balaban J connectivity index is 1.85. The highest BCUT2D eigenvalue weighted by molar-refractivity contribution is 6.43. The highest BCUT2D eigenvalue weighted by Gasteiger charge is 2.13. The van der Waals surface area contributed by atoms with Crippen molar-refractivity contribution in [3.63, 3.8) is 0 Å². The Labute approximate surface area is 146 Å². The van der Waals surface area contributed by atoms with Crippen LogP contribution < -0.4 is 5.32 Å². The Bertz CT molecular complexity index is 852. The first-order chi connectivity index (χ1) is 11.1. The lowest BCUT2D eigenvalue weighted by atomic mass is 10.2. The number of nitrogens with zero attached hydrogens (tertiary/aromatic N) is 4. The van der Waals surface area contributed by atoms with Crippen LogP contribution in [0.1, 0.15) is 5.56 Å². The molecule has 23 heavy (non-hydrogen) atoms. The minimum absolute atomic E-state index is 0.317. The number of nitrogens with one attached hydrogen (secondary N) is 1. The molecule has 0 unspecified atom stereocenters. The van der Waals surface area contributed by atoms with Crippen LogP contribution in [0.5, 0.6) is 0 Å². The van der Waals surface area contributed by atoms with Crippen LogP contribution in [0.25, 0.3) is 5.69 Å². The van der Waals surface area contributed by atoms with E-state index < -0.39 is 5.82 Å². The van der Waals surface area contributed by atoms with Crippen molar-refractivity contribution in [1.29, 1.82) is 0 Å². The van der Waals surface area contributed by atoms with Crippen molar-refractivity contribution in [3.8, 4) is 5.69 Å². The van der Waals surface area contributed by atoms with E-state index in [0.717, 1.165) is 0 Å². The number of benzene rings is 2. The number of hydrogen-bond acceptors (Lipinski definition) is 4. The van der Waals surface area contributed by atoms with Gasteiger partial charge in [-0.3, -0.25) is 0 Å². The topological polar surface area (TPSA) is 55.6 Å². The average Bonchev–Trinajstić information content (AvgIpc) is 2.97. The van der Waals surface area contributed by atoms with E-state index in [0.29, 0.717) is 38.8 Å². The number of halogens is 4. The van der Waals surface area contributed by atoms with E-state index in [1.165, 1.54) is 16.8 Å². The maximum absolute atomic E-state index is 13.1. The van der Waals surface area contributed by atoms with Crippen molar-refractivity contribution in [2.24, 2.45) is 0 Å². The molecule has 118 valence electrons. The van der Waals surface area contributed by atoms with Crippen molar-refractivity contribution in [2.45, 2.75) is 6.54 Å². The Morgan fingerprint density at radius 3 is 2.70 bits per heavy atom. The summed E-state index contributed by atoms with van der Waals surface area (Å²) in [5, 5.41) is 15.5. The number of hydrogen-bond donors (Lipinski definition) is 1. The monoisotopic (exact) mass is 371 g/mol. The number of aromatic nitrogens is 4. The second-order valence-corrected chi connectivity index (χ2v) is 5.77. The van der Waals surface area contributed by atoms with Gasteiger partial charge in [-0.2, -0.15) is 4.68 Å². The van der Waals surface area contributed by atoms with Gasteiger partial charge in [0.2, 0.25) is 5.95 Å². The second-order valence-electron chi connectivity index (χ2n) is 4.58. The molecular formula is C14H9Cl3FN5. The number of anilines is 1. The SMILES string of the molecule is Fc1ccc(CNc2nnnn2-c2cccc(Cl)c2Cl)c(Cl)c1. The smallest absolute Gasteiger partial charge is 0.248 e. The zero-order chi connectivity index (χ0) is 16.4.